The summed E-state index contributed by atoms with van der Waals surface area (Å²) in [5, 5.41) is 22.7. The number of thioether (sulfide) groups is 1. The minimum atomic E-state index is -0.392. The highest BCUT2D eigenvalue weighted by Crippen LogP contribution is 2.39. The highest BCUT2D eigenvalue weighted by Gasteiger charge is 2.39. The molecule has 1 aromatic carbocycles. The van der Waals surface area contributed by atoms with Crippen LogP contribution in [0.25, 0.3) is 0 Å². The SMILES string of the molecule is CC(O)[C@H]1CSC(=Nc2ccc([N+](=O)[O-])c3c2CCCC3)N1C1CCCC1. The number of aliphatic imine (C=N–C) groups is 1. The van der Waals surface area contributed by atoms with Crippen LogP contribution < -0.4 is 0 Å². The number of hydrogen-bond donors (Lipinski definition) is 1. The normalized spacial score (nSPS) is 25.8. The van der Waals surface area contributed by atoms with Gasteiger partial charge in [-0.25, -0.2) is 4.99 Å². The van der Waals surface area contributed by atoms with Crippen molar-refractivity contribution in [3.05, 3.63) is 33.4 Å². The van der Waals surface area contributed by atoms with Crippen LogP contribution in [0.1, 0.15) is 56.6 Å². The molecule has 6 nitrogen and oxygen atoms in total. The molecule has 0 radical (unpaired) electrons. The largest absolute Gasteiger partial charge is 0.391 e. The lowest BCUT2D eigenvalue weighted by atomic mass is 9.89. The van der Waals surface area contributed by atoms with Gasteiger partial charge in [-0.2, -0.15) is 0 Å². The number of hydrogen-bond acceptors (Lipinski definition) is 5. The first-order chi connectivity index (χ1) is 13.1. The van der Waals surface area contributed by atoms with E-state index in [9.17, 15) is 15.2 Å². The van der Waals surface area contributed by atoms with Crippen molar-refractivity contribution < 1.29 is 10.0 Å². The minimum absolute atomic E-state index is 0.103. The third-order valence-corrected chi connectivity index (χ3v) is 7.20. The molecule has 0 bridgehead atoms. The Bertz CT molecular complexity index is 759. The second-order valence-electron chi connectivity index (χ2n) is 7.88. The lowest BCUT2D eigenvalue weighted by molar-refractivity contribution is -0.385. The van der Waals surface area contributed by atoms with Crippen molar-refractivity contribution in [3.63, 3.8) is 0 Å². The molecule has 1 aromatic rings. The molecule has 7 heteroatoms. The zero-order chi connectivity index (χ0) is 19.0. The Morgan fingerprint density at radius 2 is 1.93 bits per heavy atom. The Hall–Kier alpha value is -1.60. The van der Waals surface area contributed by atoms with Crippen molar-refractivity contribution in [2.75, 3.05) is 5.75 Å². The summed E-state index contributed by atoms with van der Waals surface area (Å²) in [5.74, 6) is 0.849. The predicted molar refractivity (Wildman–Crippen MR) is 109 cm³/mol. The van der Waals surface area contributed by atoms with Crippen LogP contribution in [-0.2, 0) is 12.8 Å². The summed E-state index contributed by atoms with van der Waals surface area (Å²) in [5.41, 5.74) is 3.04. The molecule has 2 aliphatic carbocycles. The molecule has 2 fully saturated rings. The highest BCUT2D eigenvalue weighted by molar-refractivity contribution is 8.14. The Labute approximate surface area is 164 Å². The van der Waals surface area contributed by atoms with E-state index in [1.54, 1.807) is 17.8 Å². The van der Waals surface area contributed by atoms with Crippen molar-refractivity contribution in [1.29, 1.82) is 0 Å². The molecule has 0 amide bonds. The van der Waals surface area contributed by atoms with Crippen molar-refractivity contribution in [3.8, 4) is 0 Å². The molecule has 1 unspecified atom stereocenters. The third kappa shape index (κ3) is 3.59. The summed E-state index contributed by atoms with van der Waals surface area (Å²) >= 11 is 1.71. The number of nitro benzene ring substituents is 1. The summed E-state index contributed by atoms with van der Waals surface area (Å²) in [6, 6.07) is 3.99. The van der Waals surface area contributed by atoms with E-state index in [1.807, 2.05) is 13.0 Å². The smallest absolute Gasteiger partial charge is 0.273 e. The Morgan fingerprint density at radius 1 is 1.22 bits per heavy atom. The zero-order valence-electron chi connectivity index (χ0n) is 15.8. The Morgan fingerprint density at radius 3 is 2.59 bits per heavy atom. The second kappa shape index (κ2) is 7.80. The predicted octanol–water partition coefficient (Wildman–Crippen LogP) is 4.20. The molecule has 4 rings (SSSR count). The molecule has 27 heavy (non-hydrogen) atoms. The lowest BCUT2D eigenvalue weighted by Gasteiger charge is -2.33. The van der Waals surface area contributed by atoms with Gasteiger partial charge in [0.1, 0.15) is 0 Å². The van der Waals surface area contributed by atoms with Crippen molar-refractivity contribution in [2.24, 2.45) is 4.99 Å². The first-order valence-electron chi connectivity index (χ1n) is 10.0. The Balaban J connectivity index is 1.72. The van der Waals surface area contributed by atoms with Gasteiger partial charge >= 0.3 is 0 Å². The first-order valence-corrected chi connectivity index (χ1v) is 11.0. The Kier molecular flexibility index (Phi) is 5.41. The van der Waals surface area contributed by atoms with E-state index in [1.165, 1.54) is 12.8 Å². The van der Waals surface area contributed by atoms with Crippen LogP contribution >= 0.6 is 11.8 Å². The van der Waals surface area contributed by atoms with Gasteiger partial charge in [0.2, 0.25) is 0 Å². The monoisotopic (exact) mass is 389 g/mol. The summed E-state index contributed by atoms with van der Waals surface area (Å²) in [4.78, 5) is 18.5. The van der Waals surface area contributed by atoms with Gasteiger partial charge in [-0.1, -0.05) is 24.6 Å². The number of aliphatic hydroxyl groups excluding tert-OH is 1. The fraction of sp³-hybridized carbons (Fsp3) is 0.650. The van der Waals surface area contributed by atoms with E-state index < -0.39 is 6.10 Å². The van der Waals surface area contributed by atoms with Gasteiger partial charge in [0.15, 0.2) is 5.17 Å². The average molecular weight is 390 g/mol. The molecule has 0 aromatic heterocycles. The maximum Gasteiger partial charge on any atom is 0.273 e. The summed E-state index contributed by atoms with van der Waals surface area (Å²) in [6.07, 6.45) is 8.07. The molecular formula is C20H27N3O3S. The van der Waals surface area contributed by atoms with Gasteiger partial charge in [-0.05, 0) is 57.1 Å². The quantitative estimate of drug-likeness (QED) is 0.617. The van der Waals surface area contributed by atoms with Gasteiger partial charge < -0.3 is 10.0 Å². The molecule has 1 aliphatic heterocycles. The van der Waals surface area contributed by atoms with E-state index in [0.29, 0.717) is 6.04 Å². The number of fused-ring (bicyclic) bond motifs is 1. The number of nitrogens with zero attached hydrogens (tertiary/aromatic N) is 3. The lowest BCUT2D eigenvalue weighted by Crippen LogP contribution is -2.46. The number of nitro groups is 1. The number of amidine groups is 1. The van der Waals surface area contributed by atoms with E-state index in [4.69, 9.17) is 4.99 Å². The molecular weight excluding hydrogens is 362 g/mol. The average Bonchev–Trinajstić information content (AvgIpc) is 3.31. The molecule has 0 spiro atoms. The summed E-state index contributed by atoms with van der Waals surface area (Å²) in [7, 11) is 0. The van der Waals surface area contributed by atoms with Crippen LogP contribution in [0.4, 0.5) is 11.4 Å². The van der Waals surface area contributed by atoms with Gasteiger partial charge in [0.05, 0.1) is 22.8 Å². The molecule has 1 saturated carbocycles. The number of benzene rings is 1. The summed E-state index contributed by atoms with van der Waals surface area (Å²) in [6.45, 7) is 1.86. The van der Waals surface area contributed by atoms with Crippen molar-refractivity contribution in [2.45, 2.75) is 76.5 Å². The minimum Gasteiger partial charge on any atom is -0.391 e. The standard InChI is InChI=1S/C20H27N3O3S/c1-13(24)19-12-27-20(22(19)14-6-2-3-7-14)21-17-10-11-18(23(25)26)16-9-5-4-8-15(16)17/h10-11,13-14,19,24H,2-9,12H2,1H3/t13?,19-/m1/s1. The topological polar surface area (TPSA) is 79.0 Å². The molecule has 2 atom stereocenters. The van der Waals surface area contributed by atoms with Crippen LogP contribution in [-0.4, -0.2) is 44.0 Å². The molecule has 1 saturated heterocycles. The van der Waals surface area contributed by atoms with E-state index in [2.05, 4.69) is 4.90 Å². The number of aliphatic hydroxyl groups is 1. The van der Waals surface area contributed by atoms with Crippen LogP contribution in [0.2, 0.25) is 0 Å². The van der Waals surface area contributed by atoms with Crippen molar-refractivity contribution in [1.82, 2.24) is 4.90 Å². The molecule has 146 valence electrons. The van der Waals surface area contributed by atoms with Crippen molar-refractivity contribution >= 4 is 28.3 Å². The summed E-state index contributed by atoms with van der Waals surface area (Å²) < 4.78 is 0. The van der Waals surface area contributed by atoms with Crippen LogP contribution in [0.15, 0.2) is 17.1 Å². The fourth-order valence-corrected chi connectivity index (χ4v) is 6.09. The van der Waals surface area contributed by atoms with E-state index in [-0.39, 0.29) is 16.7 Å². The van der Waals surface area contributed by atoms with Crippen LogP contribution in [0.3, 0.4) is 0 Å². The molecule has 1 heterocycles. The highest BCUT2D eigenvalue weighted by atomic mass is 32.2. The van der Waals surface area contributed by atoms with Gasteiger partial charge in [-0.3, -0.25) is 10.1 Å². The second-order valence-corrected chi connectivity index (χ2v) is 8.87. The van der Waals surface area contributed by atoms with Gasteiger partial charge in [0, 0.05) is 23.4 Å². The van der Waals surface area contributed by atoms with Crippen LogP contribution in [0, 0.1) is 10.1 Å². The molecule has 1 N–H and O–H groups in total. The maximum atomic E-state index is 11.4. The first kappa shape index (κ1) is 18.7. The van der Waals surface area contributed by atoms with E-state index >= 15 is 0 Å². The molecule has 3 aliphatic rings. The zero-order valence-corrected chi connectivity index (χ0v) is 16.6. The van der Waals surface area contributed by atoms with Crippen LogP contribution in [0.5, 0.6) is 0 Å². The maximum absolute atomic E-state index is 11.4. The third-order valence-electron chi connectivity index (χ3n) is 6.13. The van der Waals surface area contributed by atoms with Gasteiger partial charge in [-0.15, -0.1) is 0 Å². The number of rotatable bonds is 4. The fourth-order valence-electron chi connectivity index (χ4n) is 4.74. The van der Waals surface area contributed by atoms with Gasteiger partial charge in [0.25, 0.3) is 5.69 Å². The van der Waals surface area contributed by atoms with E-state index in [0.717, 1.165) is 66.3 Å².